The van der Waals surface area contributed by atoms with Gasteiger partial charge in [-0.15, -0.1) is 0 Å². The lowest BCUT2D eigenvalue weighted by atomic mass is 9.92. The van der Waals surface area contributed by atoms with Gasteiger partial charge in [0.2, 0.25) is 0 Å². The maximum absolute atomic E-state index is 4.09. The number of nitrogens with zero attached hydrogens (tertiary/aromatic N) is 2. The smallest absolute Gasteiger partial charge is 0.0830 e. The highest BCUT2D eigenvalue weighted by molar-refractivity contribution is 5.33. The molecule has 0 aliphatic carbocycles. The van der Waals surface area contributed by atoms with Gasteiger partial charge in [-0.1, -0.05) is 30.7 Å². The van der Waals surface area contributed by atoms with Crippen molar-refractivity contribution in [3.8, 4) is 0 Å². The Morgan fingerprint density at radius 1 is 1.31 bits per heavy atom. The van der Waals surface area contributed by atoms with Crippen LogP contribution in [0.15, 0.2) is 24.4 Å². The largest absolute Gasteiger partial charge is 0.198 e. The first kappa shape index (κ1) is 10.9. The van der Waals surface area contributed by atoms with Crippen molar-refractivity contribution < 1.29 is 0 Å². The first-order chi connectivity index (χ1) is 7.66. The number of rotatable bonds is 3. The zero-order valence-corrected chi connectivity index (χ0v) is 9.99. The highest BCUT2D eigenvalue weighted by Gasteiger charge is 2.10. The number of nitrogens with one attached hydrogen (secondary N) is 1. The van der Waals surface area contributed by atoms with Crippen molar-refractivity contribution in [2.45, 2.75) is 33.1 Å². The monoisotopic (exact) mass is 215 g/mol. The van der Waals surface area contributed by atoms with Crippen molar-refractivity contribution in [3.63, 3.8) is 0 Å². The van der Waals surface area contributed by atoms with Gasteiger partial charge in [-0.05, 0) is 37.3 Å². The standard InChI is InChI=1S/C13H17N3/c1-9-4-5-13(10(2)6-9)11(3)7-12-8-14-16-15-12/h4-6,8,11H,7H2,1-3H3,(H,14,15,16). The fourth-order valence-corrected chi connectivity index (χ4v) is 2.13. The maximum Gasteiger partial charge on any atom is 0.0830 e. The van der Waals surface area contributed by atoms with Crippen molar-refractivity contribution in [2.75, 3.05) is 0 Å². The molecular weight excluding hydrogens is 198 g/mol. The normalized spacial score (nSPS) is 12.7. The first-order valence-corrected chi connectivity index (χ1v) is 5.58. The van der Waals surface area contributed by atoms with Crippen LogP contribution in [0.3, 0.4) is 0 Å². The molecule has 0 aliphatic rings. The maximum atomic E-state index is 4.09. The van der Waals surface area contributed by atoms with Gasteiger partial charge >= 0.3 is 0 Å². The highest BCUT2D eigenvalue weighted by Crippen LogP contribution is 2.23. The molecular formula is C13H17N3. The van der Waals surface area contributed by atoms with Crippen LogP contribution in [0.25, 0.3) is 0 Å². The Balaban J connectivity index is 2.17. The minimum absolute atomic E-state index is 0.477. The summed E-state index contributed by atoms with van der Waals surface area (Å²) in [5, 5.41) is 10.6. The van der Waals surface area contributed by atoms with Gasteiger partial charge in [0.05, 0.1) is 11.9 Å². The summed E-state index contributed by atoms with van der Waals surface area (Å²) < 4.78 is 0. The van der Waals surface area contributed by atoms with E-state index in [-0.39, 0.29) is 0 Å². The van der Waals surface area contributed by atoms with Crippen LogP contribution in [0.2, 0.25) is 0 Å². The number of aromatic nitrogens is 3. The topological polar surface area (TPSA) is 41.6 Å². The van der Waals surface area contributed by atoms with Crippen LogP contribution in [0.5, 0.6) is 0 Å². The molecule has 3 heteroatoms. The van der Waals surface area contributed by atoms with E-state index in [0.29, 0.717) is 5.92 Å². The molecule has 1 N–H and O–H groups in total. The van der Waals surface area contributed by atoms with Gasteiger partial charge in [0.25, 0.3) is 0 Å². The fourth-order valence-electron chi connectivity index (χ4n) is 2.13. The second kappa shape index (κ2) is 4.47. The second-order valence-electron chi connectivity index (χ2n) is 4.43. The van der Waals surface area contributed by atoms with E-state index in [1.165, 1.54) is 16.7 Å². The van der Waals surface area contributed by atoms with Gasteiger partial charge in [-0.2, -0.15) is 15.4 Å². The summed E-state index contributed by atoms with van der Waals surface area (Å²) in [6.45, 7) is 6.52. The number of H-pyrrole nitrogens is 1. The number of hydrogen-bond donors (Lipinski definition) is 1. The van der Waals surface area contributed by atoms with Crippen LogP contribution in [0.1, 0.15) is 35.2 Å². The zero-order chi connectivity index (χ0) is 11.5. The lowest BCUT2D eigenvalue weighted by molar-refractivity contribution is 0.730. The molecule has 2 rings (SSSR count). The van der Waals surface area contributed by atoms with Crippen molar-refractivity contribution in [3.05, 3.63) is 46.8 Å². The number of hydrogen-bond acceptors (Lipinski definition) is 2. The molecule has 1 aromatic heterocycles. The van der Waals surface area contributed by atoms with E-state index < -0.39 is 0 Å². The number of aromatic amines is 1. The Bertz CT molecular complexity index is 460. The first-order valence-electron chi connectivity index (χ1n) is 5.58. The Hall–Kier alpha value is -1.64. The van der Waals surface area contributed by atoms with E-state index in [0.717, 1.165) is 12.1 Å². The predicted molar refractivity (Wildman–Crippen MR) is 64.4 cm³/mol. The summed E-state index contributed by atoms with van der Waals surface area (Å²) in [4.78, 5) is 0. The van der Waals surface area contributed by atoms with Gasteiger partial charge in [-0.25, -0.2) is 0 Å². The summed E-state index contributed by atoms with van der Waals surface area (Å²) in [6, 6.07) is 6.62. The van der Waals surface area contributed by atoms with Crippen LogP contribution in [-0.4, -0.2) is 15.4 Å². The molecule has 3 nitrogen and oxygen atoms in total. The summed E-state index contributed by atoms with van der Waals surface area (Å²) in [7, 11) is 0. The molecule has 0 fully saturated rings. The van der Waals surface area contributed by atoms with E-state index in [2.05, 4.69) is 54.4 Å². The van der Waals surface area contributed by atoms with Crippen molar-refractivity contribution in [2.24, 2.45) is 0 Å². The van der Waals surface area contributed by atoms with Crippen molar-refractivity contribution in [1.82, 2.24) is 15.4 Å². The summed E-state index contributed by atoms with van der Waals surface area (Å²) >= 11 is 0. The van der Waals surface area contributed by atoms with E-state index in [9.17, 15) is 0 Å². The van der Waals surface area contributed by atoms with Crippen LogP contribution >= 0.6 is 0 Å². The van der Waals surface area contributed by atoms with Crippen LogP contribution in [0.4, 0.5) is 0 Å². The molecule has 1 unspecified atom stereocenters. The molecule has 0 saturated heterocycles. The molecule has 0 spiro atoms. The summed E-state index contributed by atoms with van der Waals surface area (Å²) in [6.07, 6.45) is 2.72. The molecule has 0 bridgehead atoms. The SMILES string of the molecule is Cc1ccc(C(C)Cc2cn[nH]n2)c(C)c1. The number of benzene rings is 1. The average molecular weight is 215 g/mol. The molecule has 0 amide bonds. The van der Waals surface area contributed by atoms with E-state index in [4.69, 9.17) is 0 Å². The molecule has 16 heavy (non-hydrogen) atoms. The van der Waals surface area contributed by atoms with E-state index in [1.54, 1.807) is 6.20 Å². The molecule has 0 saturated carbocycles. The minimum atomic E-state index is 0.477. The molecule has 0 aliphatic heterocycles. The highest BCUT2D eigenvalue weighted by atomic mass is 15.3. The minimum Gasteiger partial charge on any atom is -0.198 e. The summed E-state index contributed by atoms with van der Waals surface area (Å²) in [5.74, 6) is 0.477. The Kier molecular flexibility index (Phi) is 3.04. The molecule has 1 heterocycles. The Morgan fingerprint density at radius 3 is 2.75 bits per heavy atom. The third-order valence-electron chi connectivity index (χ3n) is 2.94. The van der Waals surface area contributed by atoms with Gasteiger partial charge in [-0.3, -0.25) is 0 Å². The second-order valence-corrected chi connectivity index (χ2v) is 4.43. The average Bonchev–Trinajstić information content (AvgIpc) is 2.70. The zero-order valence-electron chi connectivity index (χ0n) is 9.99. The lowest BCUT2D eigenvalue weighted by Crippen LogP contribution is -2.01. The lowest BCUT2D eigenvalue weighted by Gasteiger charge is -2.13. The van der Waals surface area contributed by atoms with E-state index >= 15 is 0 Å². The third-order valence-corrected chi connectivity index (χ3v) is 2.94. The van der Waals surface area contributed by atoms with Crippen LogP contribution in [-0.2, 0) is 6.42 Å². The Morgan fingerprint density at radius 2 is 2.12 bits per heavy atom. The van der Waals surface area contributed by atoms with E-state index in [1.807, 2.05) is 0 Å². The van der Waals surface area contributed by atoms with Gasteiger partial charge in [0, 0.05) is 0 Å². The Labute approximate surface area is 95.9 Å². The predicted octanol–water partition coefficient (Wildman–Crippen LogP) is 2.77. The van der Waals surface area contributed by atoms with Crippen molar-refractivity contribution in [1.29, 1.82) is 0 Å². The summed E-state index contributed by atoms with van der Waals surface area (Å²) in [5.41, 5.74) is 5.09. The van der Waals surface area contributed by atoms with Crippen molar-refractivity contribution >= 4 is 0 Å². The van der Waals surface area contributed by atoms with Gasteiger partial charge in [0.15, 0.2) is 0 Å². The third kappa shape index (κ3) is 2.30. The molecule has 1 aromatic carbocycles. The van der Waals surface area contributed by atoms with Gasteiger partial charge < -0.3 is 0 Å². The fraction of sp³-hybridized carbons (Fsp3) is 0.385. The molecule has 84 valence electrons. The molecule has 2 aromatic rings. The van der Waals surface area contributed by atoms with Crippen LogP contribution in [0, 0.1) is 13.8 Å². The quantitative estimate of drug-likeness (QED) is 0.855. The molecule has 0 radical (unpaired) electrons. The van der Waals surface area contributed by atoms with Gasteiger partial charge in [0.1, 0.15) is 0 Å². The number of aryl methyl sites for hydroxylation is 2. The van der Waals surface area contributed by atoms with Crippen LogP contribution < -0.4 is 0 Å². The molecule has 1 atom stereocenters.